The van der Waals surface area contributed by atoms with Crippen molar-refractivity contribution in [2.45, 2.75) is 6.54 Å². The summed E-state index contributed by atoms with van der Waals surface area (Å²) in [5.41, 5.74) is 2.92. The number of carbonyl (C=O) groups is 1. The molecule has 0 saturated heterocycles. The molecule has 1 amide bonds. The molecular weight excluding hydrogens is 376 g/mol. The molecule has 1 aliphatic heterocycles. The third-order valence-corrected chi connectivity index (χ3v) is 4.33. The van der Waals surface area contributed by atoms with Gasteiger partial charge in [0, 0.05) is 17.1 Å². The number of hydrogen-bond donors (Lipinski definition) is 1. The third-order valence-electron chi connectivity index (χ3n) is 3.83. The predicted octanol–water partition coefficient (Wildman–Crippen LogP) is 1.59. The number of nitrogens with one attached hydrogen (secondary N) is 1. The number of nitrogens with zero attached hydrogens (tertiary/aromatic N) is 5. The maximum Gasteiger partial charge on any atom is 0.273 e. The summed E-state index contributed by atoms with van der Waals surface area (Å²) in [6, 6.07) is 5.89. The average molecular weight is 389 g/mol. The molecule has 0 saturated carbocycles. The fraction of sp³-hybridized carbons (Fsp3) is 0.200. The van der Waals surface area contributed by atoms with E-state index in [0.29, 0.717) is 12.2 Å². The van der Waals surface area contributed by atoms with Crippen LogP contribution in [0, 0.1) is 0 Å². The van der Waals surface area contributed by atoms with Gasteiger partial charge in [0.05, 0.1) is 17.9 Å². The van der Waals surface area contributed by atoms with E-state index in [1.807, 2.05) is 22.8 Å². The second kappa shape index (κ2) is 5.84. The molecule has 3 heterocycles. The molecule has 0 aliphatic carbocycles. The summed E-state index contributed by atoms with van der Waals surface area (Å²) in [6.07, 6.45) is 3.16. The molecular formula is C15H13BrN6O2. The van der Waals surface area contributed by atoms with E-state index >= 15 is 0 Å². The van der Waals surface area contributed by atoms with Crippen LogP contribution in [0.2, 0.25) is 0 Å². The average Bonchev–Trinajstić information content (AvgIpc) is 3.18. The van der Waals surface area contributed by atoms with Crippen LogP contribution in [0.5, 0.6) is 0 Å². The highest BCUT2D eigenvalue weighted by Crippen LogP contribution is 2.33. The fourth-order valence-electron chi connectivity index (χ4n) is 2.77. The molecule has 0 bridgehead atoms. The lowest BCUT2D eigenvalue weighted by atomic mass is 10.1. The van der Waals surface area contributed by atoms with Crippen LogP contribution < -0.4 is 5.32 Å². The minimum Gasteiger partial charge on any atom is -0.364 e. The number of rotatable bonds is 3. The van der Waals surface area contributed by atoms with Crippen LogP contribution >= 0.6 is 15.9 Å². The van der Waals surface area contributed by atoms with Gasteiger partial charge in [-0.2, -0.15) is 5.10 Å². The fourth-order valence-corrected chi connectivity index (χ4v) is 3.13. The lowest BCUT2D eigenvalue weighted by molar-refractivity contribution is 0.0866. The first-order valence-corrected chi connectivity index (χ1v) is 8.00. The standard InChI is InChI=1S/C15H13BrN6O2/c1-24-8-19-15(23)13-12-5-22-14(17-6-20-22)10-4-9(16)2-3-11(10)21(12)7-18-13/h2-4,6-7H,5,8H2,1H3,(H,19,23). The summed E-state index contributed by atoms with van der Waals surface area (Å²) in [4.78, 5) is 21.0. The van der Waals surface area contributed by atoms with E-state index in [2.05, 4.69) is 36.3 Å². The Morgan fingerprint density at radius 1 is 1.42 bits per heavy atom. The largest absolute Gasteiger partial charge is 0.364 e. The zero-order chi connectivity index (χ0) is 16.7. The van der Waals surface area contributed by atoms with E-state index in [1.54, 1.807) is 11.0 Å². The zero-order valence-corrected chi connectivity index (χ0v) is 14.3. The molecule has 0 radical (unpaired) electrons. The van der Waals surface area contributed by atoms with E-state index in [4.69, 9.17) is 4.74 Å². The van der Waals surface area contributed by atoms with Crippen molar-refractivity contribution >= 4 is 21.8 Å². The first-order chi connectivity index (χ1) is 11.7. The van der Waals surface area contributed by atoms with Gasteiger partial charge in [-0.3, -0.25) is 9.36 Å². The van der Waals surface area contributed by atoms with Crippen molar-refractivity contribution < 1.29 is 9.53 Å². The van der Waals surface area contributed by atoms with Gasteiger partial charge in [0.15, 0.2) is 11.5 Å². The number of imidazole rings is 1. The van der Waals surface area contributed by atoms with Crippen molar-refractivity contribution in [3.8, 4) is 17.1 Å². The molecule has 0 spiro atoms. The number of halogens is 1. The first kappa shape index (κ1) is 15.0. The van der Waals surface area contributed by atoms with Crippen molar-refractivity contribution in [1.82, 2.24) is 29.6 Å². The zero-order valence-electron chi connectivity index (χ0n) is 12.7. The molecule has 8 nitrogen and oxygen atoms in total. The summed E-state index contributed by atoms with van der Waals surface area (Å²) in [6.45, 7) is 0.528. The molecule has 122 valence electrons. The molecule has 24 heavy (non-hydrogen) atoms. The van der Waals surface area contributed by atoms with Crippen molar-refractivity contribution in [3.63, 3.8) is 0 Å². The molecule has 1 aliphatic rings. The molecule has 1 aromatic carbocycles. The molecule has 0 fully saturated rings. The molecule has 3 aromatic rings. The van der Waals surface area contributed by atoms with Gasteiger partial charge in [-0.15, -0.1) is 0 Å². The Morgan fingerprint density at radius 3 is 3.12 bits per heavy atom. The molecule has 0 unspecified atom stereocenters. The van der Waals surface area contributed by atoms with E-state index < -0.39 is 0 Å². The topological polar surface area (TPSA) is 86.9 Å². The number of methoxy groups -OCH3 is 1. The highest BCUT2D eigenvalue weighted by Gasteiger charge is 2.26. The highest BCUT2D eigenvalue weighted by atomic mass is 79.9. The van der Waals surface area contributed by atoms with Crippen LogP contribution in [0.1, 0.15) is 16.2 Å². The first-order valence-electron chi connectivity index (χ1n) is 7.20. The summed E-state index contributed by atoms with van der Waals surface area (Å²) in [5, 5.41) is 6.95. The van der Waals surface area contributed by atoms with Crippen molar-refractivity contribution in [3.05, 3.63) is 46.7 Å². The smallest absolute Gasteiger partial charge is 0.273 e. The van der Waals surface area contributed by atoms with Crippen molar-refractivity contribution in [2.24, 2.45) is 0 Å². The number of aromatic nitrogens is 5. The van der Waals surface area contributed by atoms with E-state index in [9.17, 15) is 4.79 Å². The maximum absolute atomic E-state index is 12.3. The van der Waals surface area contributed by atoms with Gasteiger partial charge in [-0.1, -0.05) is 15.9 Å². The van der Waals surface area contributed by atoms with E-state index in [1.165, 1.54) is 13.4 Å². The van der Waals surface area contributed by atoms with Gasteiger partial charge in [0.2, 0.25) is 0 Å². The van der Waals surface area contributed by atoms with Crippen LogP contribution in [0.4, 0.5) is 0 Å². The number of benzene rings is 1. The Hall–Kier alpha value is -2.52. The molecule has 1 N–H and O–H groups in total. The quantitative estimate of drug-likeness (QED) is 0.538. The Labute approximate surface area is 145 Å². The number of hydrogen-bond acceptors (Lipinski definition) is 5. The summed E-state index contributed by atoms with van der Waals surface area (Å²) < 4.78 is 9.50. The minimum atomic E-state index is -0.284. The number of carbonyl (C=O) groups excluding carboxylic acids is 1. The van der Waals surface area contributed by atoms with Crippen molar-refractivity contribution in [2.75, 3.05) is 13.8 Å². The predicted molar refractivity (Wildman–Crippen MR) is 88.7 cm³/mol. The Balaban J connectivity index is 1.90. The SMILES string of the molecule is COCNC(=O)c1ncn2c1Cn1ncnc1-c1cc(Br)ccc1-2. The van der Waals surface area contributed by atoms with Gasteiger partial charge in [0.1, 0.15) is 19.4 Å². The minimum absolute atomic E-state index is 0.128. The van der Waals surface area contributed by atoms with E-state index in [-0.39, 0.29) is 12.6 Å². The lowest BCUT2D eigenvalue weighted by Gasteiger charge is -2.09. The van der Waals surface area contributed by atoms with Gasteiger partial charge in [0.25, 0.3) is 5.91 Å². The normalized spacial score (nSPS) is 12.1. The summed E-state index contributed by atoms with van der Waals surface area (Å²) >= 11 is 3.49. The number of amides is 1. The third kappa shape index (κ3) is 2.33. The van der Waals surface area contributed by atoms with Crippen LogP contribution in [0.3, 0.4) is 0 Å². The maximum atomic E-state index is 12.3. The monoisotopic (exact) mass is 388 g/mol. The molecule has 2 aromatic heterocycles. The van der Waals surface area contributed by atoms with Gasteiger partial charge in [-0.25, -0.2) is 14.6 Å². The Kier molecular flexibility index (Phi) is 3.66. The van der Waals surface area contributed by atoms with Gasteiger partial charge >= 0.3 is 0 Å². The summed E-state index contributed by atoms with van der Waals surface area (Å²) in [5.74, 6) is 0.464. The Bertz CT molecular complexity index is 932. The molecule has 0 atom stereocenters. The highest BCUT2D eigenvalue weighted by molar-refractivity contribution is 9.10. The van der Waals surface area contributed by atoms with Crippen LogP contribution in [0.25, 0.3) is 17.1 Å². The van der Waals surface area contributed by atoms with Crippen LogP contribution in [0.15, 0.2) is 35.3 Å². The van der Waals surface area contributed by atoms with Gasteiger partial charge < -0.3 is 10.1 Å². The second-order valence-electron chi connectivity index (χ2n) is 5.25. The molecule has 9 heteroatoms. The number of ether oxygens (including phenoxy) is 1. The molecule has 4 rings (SSSR count). The van der Waals surface area contributed by atoms with Gasteiger partial charge in [-0.05, 0) is 18.2 Å². The second-order valence-corrected chi connectivity index (χ2v) is 6.17. The summed E-state index contributed by atoms with van der Waals surface area (Å²) in [7, 11) is 1.52. The van der Waals surface area contributed by atoms with E-state index in [0.717, 1.165) is 27.2 Å². The number of fused-ring (bicyclic) bond motifs is 5. The van der Waals surface area contributed by atoms with Crippen molar-refractivity contribution in [1.29, 1.82) is 0 Å². The van der Waals surface area contributed by atoms with Crippen LogP contribution in [-0.2, 0) is 11.3 Å². The lowest BCUT2D eigenvalue weighted by Crippen LogP contribution is -2.27. The van der Waals surface area contributed by atoms with Crippen LogP contribution in [-0.4, -0.2) is 44.1 Å². The Morgan fingerprint density at radius 2 is 2.29 bits per heavy atom.